The number of likely N-dealkylation sites (tertiary alicyclic amines) is 1. The van der Waals surface area contributed by atoms with Crippen LogP contribution >= 0.6 is 0 Å². The minimum atomic E-state index is 0.335. The van der Waals surface area contributed by atoms with Crippen molar-refractivity contribution < 1.29 is 9.84 Å². The molecular weight excluding hydrogens is 240 g/mol. The lowest BCUT2D eigenvalue weighted by molar-refractivity contribution is -0.0514. The molecule has 1 N–H and O–H groups in total. The van der Waals surface area contributed by atoms with Gasteiger partial charge in [0.1, 0.15) is 0 Å². The van der Waals surface area contributed by atoms with Crippen molar-refractivity contribution in [3.05, 3.63) is 0 Å². The number of aliphatic hydroxyl groups is 1. The summed E-state index contributed by atoms with van der Waals surface area (Å²) >= 11 is 0. The van der Waals surface area contributed by atoms with Gasteiger partial charge in [0, 0.05) is 39.3 Å². The van der Waals surface area contributed by atoms with Gasteiger partial charge < -0.3 is 14.7 Å². The lowest BCUT2D eigenvalue weighted by Crippen LogP contribution is -2.50. The smallest absolute Gasteiger partial charge is 0.0829 e. The summed E-state index contributed by atoms with van der Waals surface area (Å²) in [5.74, 6) is 1.21. The van der Waals surface area contributed by atoms with Gasteiger partial charge in [-0.25, -0.2) is 0 Å². The highest BCUT2D eigenvalue weighted by molar-refractivity contribution is 4.79. The van der Waals surface area contributed by atoms with E-state index in [4.69, 9.17) is 4.74 Å². The number of ether oxygens (including phenoxy) is 1. The van der Waals surface area contributed by atoms with Gasteiger partial charge >= 0.3 is 0 Å². The lowest BCUT2D eigenvalue weighted by atomic mass is 9.98. The van der Waals surface area contributed by atoms with Crippen LogP contribution in [-0.4, -0.2) is 73.5 Å². The zero-order valence-corrected chi connectivity index (χ0v) is 12.6. The fourth-order valence-corrected chi connectivity index (χ4v) is 3.33. The third kappa shape index (κ3) is 5.03. The molecule has 0 aromatic rings. The Morgan fingerprint density at radius 3 is 2.79 bits per heavy atom. The maximum atomic E-state index is 9.29. The Balaban J connectivity index is 1.75. The summed E-state index contributed by atoms with van der Waals surface area (Å²) in [5.41, 5.74) is 0. The maximum absolute atomic E-state index is 9.29. The minimum absolute atomic E-state index is 0.335. The van der Waals surface area contributed by atoms with Crippen molar-refractivity contribution >= 4 is 0 Å². The molecule has 0 aliphatic carbocycles. The molecule has 2 aliphatic rings. The van der Waals surface area contributed by atoms with Crippen LogP contribution in [0.3, 0.4) is 0 Å². The van der Waals surface area contributed by atoms with Gasteiger partial charge in [-0.05, 0) is 31.2 Å². The van der Waals surface area contributed by atoms with Crippen molar-refractivity contribution in [2.24, 2.45) is 11.8 Å². The standard InChI is InChI=1S/C15H30N2O2/c1-13(2)8-17-6-7-19-15(11-17)10-16-5-3-4-14(9-16)12-18/h13-15,18H,3-12H2,1-2H3. The highest BCUT2D eigenvalue weighted by Crippen LogP contribution is 2.17. The van der Waals surface area contributed by atoms with E-state index in [9.17, 15) is 5.11 Å². The molecule has 0 spiro atoms. The van der Waals surface area contributed by atoms with Gasteiger partial charge in [0.25, 0.3) is 0 Å². The predicted octanol–water partition coefficient (Wildman–Crippen LogP) is 1.05. The van der Waals surface area contributed by atoms with Crippen LogP contribution in [0.1, 0.15) is 26.7 Å². The van der Waals surface area contributed by atoms with E-state index in [1.54, 1.807) is 0 Å². The number of piperidine rings is 1. The molecule has 0 amide bonds. The van der Waals surface area contributed by atoms with E-state index in [1.165, 1.54) is 25.9 Å². The van der Waals surface area contributed by atoms with Crippen molar-refractivity contribution in [3.63, 3.8) is 0 Å². The van der Waals surface area contributed by atoms with Crippen molar-refractivity contribution in [2.75, 3.05) is 52.5 Å². The van der Waals surface area contributed by atoms with Crippen LogP contribution in [0.2, 0.25) is 0 Å². The quantitative estimate of drug-likeness (QED) is 0.810. The number of morpholine rings is 1. The van der Waals surface area contributed by atoms with Gasteiger partial charge in [0.2, 0.25) is 0 Å². The van der Waals surface area contributed by atoms with Crippen LogP contribution in [0, 0.1) is 11.8 Å². The third-order valence-corrected chi connectivity index (χ3v) is 4.17. The Labute approximate surface area is 117 Å². The topological polar surface area (TPSA) is 35.9 Å². The molecule has 4 nitrogen and oxygen atoms in total. The molecule has 0 aromatic carbocycles. The number of hydrogen-bond acceptors (Lipinski definition) is 4. The molecule has 19 heavy (non-hydrogen) atoms. The Kier molecular flexibility index (Phi) is 6.07. The predicted molar refractivity (Wildman–Crippen MR) is 77.3 cm³/mol. The first kappa shape index (κ1) is 15.2. The van der Waals surface area contributed by atoms with E-state index in [2.05, 4.69) is 23.6 Å². The average Bonchev–Trinajstić information content (AvgIpc) is 2.38. The summed E-state index contributed by atoms with van der Waals surface area (Å²) in [6, 6.07) is 0. The highest BCUT2D eigenvalue weighted by atomic mass is 16.5. The maximum Gasteiger partial charge on any atom is 0.0829 e. The molecule has 0 saturated carbocycles. The number of rotatable bonds is 5. The Morgan fingerprint density at radius 1 is 1.21 bits per heavy atom. The molecule has 2 atom stereocenters. The molecule has 4 heteroatoms. The summed E-state index contributed by atoms with van der Waals surface area (Å²) < 4.78 is 5.92. The van der Waals surface area contributed by atoms with Gasteiger partial charge in [-0.1, -0.05) is 13.8 Å². The Hall–Kier alpha value is -0.160. The lowest BCUT2D eigenvalue weighted by Gasteiger charge is -2.38. The van der Waals surface area contributed by atoms with E-state index in [-0.39, 0.29) is 0 Å². The van der Waals surface area contributed by atoms with Crippen LogP contribution in [-0.2, 0) is 4.74 Å². The summed E-state index contributed by atoms with van der Waals surface area (Å²) in [6.07, 6.45) is 2.75. The second-order valence-electron chi connectivity index (χ2n) is 6.60. The number of aliphatic hydroxyl groups excluding tert-OH is 1. The monoisotopic (exact) mass is 270 g/mol. The van der Waals surface area contributed by atoms with Gasteiger partial charge in [0.15, 0.2) is 0 Å². The fourth-order valence-electron chi connectivity index (χ4n) is 3.33. The summed E-state index contributed by atoms with van der Waals surface area (Å²) in [4.78, 5) is 5.01. The summed E-state index contributed by atoms with van der Waals surface area (Å²) in [6.45, 7) is 12.3. The molecule has 2 saturated heterocycles. The van der Waals surface area contributed by atoms with E-state index in [0.717, 1.165) is 38.7 Å². The van der Waals surface area contributed by atoms with Gasteiger partial charge in [-0.15, -0.1) is 0 Å². The van der Waals surface area contributed by atoms with Gasteiger partial charge in [-0.2, -0.15) is 0 Å². The molecule has 0 radical (unpaired) electrons. The van der Waals surface area contributed by atoms with Crippen LogP contribution in [0.15, 0.2) is 0 Å². The van der Waals surface area contributed by atoms with E-state index in [0.29, 0.717) is 18.6 Å². The Morgan fingerprint density at radius 2 is 2.05 bits per heavy atom. The van der Waals surface area contributed by atoms with E-state index < -0.39 is 0 Å². The van der Waals surface area contributed by atoms with Crippen LogP contribution in [0.25, 0.3) is 0 Å². The average molecular weight is 270 g/mol. The summed E-state index contributed by atoms with van der Waals surface area (Å²) in [7, 11) is 0. The molecule has 2 heterocycles. The van der Waals surface area contributed by atoms with Crippen molar-refractivity contribution in [1.29, 1.82) is 0 Å². The van der Waals surface area contributed by atoms with Gasteiger partial charge in [-0.3, -0.25) is 4.90 Å². The van der Waals surface area contributed by atoms with Crippen LogP contribution < -0.4 is 0 Å². The second kappa shape index (κ2) is 7.58. The largest absolute Gasteiger partial charge is 0.396 e. The summed E-state index contributed by atoms with van der Waals surface area (Å²) in [5, 5.41) is 9.29. The first-order valence-electron chi connectivity index (χ1n) is 7.84. The van der Waals surface area contributed by atoms with E-state index >= 15 is 0 Å². The van der Waals surface area contributed by atoms with Gasteiger partial charge in [0.05, 0.1) is 12.7 Å². The minimum Gasteiger partial charge on any atom is -0.396 e. The zero-order valence-electron chi connectivity index (χ0n) is 12.6. The zero-order chi connectivity index (χ0) is 13.7. The third-order valence-electron chi connectivity index (χ3n) is 4.17. The van der Waals surface area contributed by atoms with Crippen molar-refractivity contribution in [2.45, 2.75) is 32.8 Å². The molecule has 2 rings (SSSR count). The highest BCUT2D eigenvalue weighted by Gasteiger charge is 2.26. The first-order valence-corrected chi connectivity index (χ1v) is 7.84. The SMILES string of the molecule is CC(C)CN1CCOC(CN2CCCC(CO)C2)C1. The molecule has 0 bridgehead atoms. The Bertz CT molecular complexity index is 261. The molecule has 0 aromatic heterocycles. The normalized spacial score (nSPS) is 30.9. The molecule has 2 unspecified atom stereocenters. The molecular formula is C15H30N2O2. The molecule has 2 fully saturated rings. The van der Waals surface area contributed by atoms with E-state index in [1.807, 2.05) is 0 Å². The van der Waals surface area contributed by atoms with Crippen molar-refractivity contribution in [1.82, 2.24) is 9.80 Å². The first-order chi connectivity index (χ1) is 9.17. The van der Waals surface area contributed by atoms with Crippen molar-refractivity contribution in [3.8, 4) is 0 Å². The molecule has 2 aliphatic heterocycles. The fraction of sp³-hybridized carbons (Fsp3) is 1.00. The molecule has 112 valence electrons. The number of hydrogen-bond donors (Lipinski definition) is 1. The number of nitrogens with zero attached hydrogens (tertiary/aromatic N) is 2. The van der Waals surface area contributed by atoms with Crippen LogP contribution in [0.4, 0.5) is 0 Å². The van der Waals surface area contributed by atoms with Crippen LogP contribution in [0.5, 0.6) is 0 Å². The second-order valence-corrected chi connectivity index (χ2v) is 6.60.